The van der Waals surface area contributed by atoms with Gasteiger partial charge in [0.25, 0.3) is 0 Å². The van der Waals surface area contributed by atoms with Crippen LogP contribution >= 0.6 is 34.5 Å². The normalized spacial score (nSPS) is 10.2. The molecule has 0 saturated carbocycles. The SMILES string of the molecule is C=Cc1cc(C(Cl)Cl)sc1C=C. The fourth-order valence-electron chi connectivity index (χ4n) is 0.866. The van der Waals surface area contributed by atoms with Gasteiger partial charge in [0.1, 0.15) is 4.84 Å². The zero-order valence-electron chi connectivity index (χ0n) is 6.39. The lowest BCUT2D eigenvalue weighted by Crippen LogP contribution is -1.69. The number of hydrogen-bond acceptors (Lipinski definition) is 1. The van der Waals surface area contributed by atoms with E-state index in [1.807, 2.05) is 6.07 Å². The second kappa shape index (κ2) is 4.13. The van der Waals surface area contributed by atoms with Crippen molar-refractivity contribution in [2.24, 2.45) is 0 Å². The van der Waals surface area contributed by atoms with Crippen LogP contribution < -0.4 is 0 Å². The van der Waals surface area contributed by atoms with Gasteiger partial charge in [0.15, 0.2) is 0 Å². The third-order valence-corrected chi connectivity index (χ3v) is 3.37. The van der Waals surface area contributed by atoms with Crippen molar-refractivity contribution in [1.29, 1.82) is 0 Å². The second-order valence-corrected chi connectivity index (χ2v) is 4.39. The first-order valence-corrected chi connectivity index (χ1v) is 5.04. The lowest BCUT2D eigenvalue weighted by molar-refractivity contribution is 1.45. The van der Waals surface area contributed by atoms with E-state index in [2.05, 4.69) is 13.2 Å². The highest BCUT2D eigenvalue weighted by Gasteiger charge is 2.09. The molecule has 0 saturated heterocycles. The van der Waals surface area contributed by atoms with Crippen molar-refractivity contribution in [2.45, 2.75) is 4.84 Å². The third kappa shape index (κ3) is 1.92. The maximum absolute atomic E-state index is 5.71. The van der Waals surface area contributed by atoms with Crippen molar-refractivity contribution >= 4 is 46.7 Å². The van der Waals surface area contributed by atoms with Gasteiger partial charge >= 0.3 is 0 Å². The van der Waals surface area contributed by atoms with E-state index in [0.29, 0.717) is 0 Å². The first kappa shape index (κ1) is 9.85. The Balaban J connectivity index is 3.13. The predicted octanol–water partition coefficient (Wildman–Crippen LogP) is 4.51. The molecule has 0 bridgehead atoms. The van der Waals surface area contributed by atoms with Crippen LogP contribution in [0.25, 0.3) is 12.2 Å². The van der Waals surface area contributed by atoms with Gasteiger partial charge in [-0.05, 0) is 11.6 Å². The number of alkyl halides is 2. The molecule has 0 radical (unpaired) electrons. The lowest BCUT2D eigenvalue weighted by Gasteiger charge is -1.91. The zero-order chi connectivity index (χ0) is 9.14. The van der Waals surface area contributed by atoms with E-state index in [1.54, 1.807) is 12.2 Å². The van der Waals surface area contributed by atoms with Crippen LogP contribution in [0.4, 0.5) is 0 Å². The number of hydrogen-bond donors (Lipinski definition) is 0. The van der Waals surface area contributed by atoms with Crippen LogP contribution in [0.1, 0.15) is 20.2 Å². The number of halogens is 2. The summed E-state index contributed by atoms with van der Waals surface area (Å²) in [4.78, 5) is 1.54. The van der Waals surface area contributed by atoms with Crippen LogP contribution in [-0.4, -0.2) is 0 Å². The van der Waals surface area contributed by atoms with Gasteiger partial charge in [0.2, 0.25) is 0 Å². The van der Waals surface area contributed by atoms with E-state index in [1.165, 1.54) is 11.3 Å². The molecule has 64 valence electrons. The van der Waals surface area contributed by atoms with Crippen molar-refractivity contribution in [1.82, 2.24) is 0 Å². The van der Waals surface area contributed by atoms with Crippen LogP contribution in [-0.2, 0) is 0 Å². The third-order valence-electron chi connectivity index (χ3n) is 1.43. The van der Waals surface area contributed by atoms with Gasteiger partial charge in [0.05, 0.1) is 0 Å². The molecule has 0 aromatic carbocycles. The summed E-state index contributed by atoms with van der Waals surface area (Å²) in [5.41, 5.74) is 1.04. The van der Waals surface area contributed by atoms with Crippen LogP contribution in [0, 0.1) is 0 Å². The topological polar surface area (TPSA) is 0 Å². The van der Waals surface area contributed by atoms with E-state index in [-0.39, 0.29) is 0 Å². The summed E-state index contributed by atoms with van der Waals surface area (Å²) in [6.07, 6.45) is 3.55. The smallest absolute Gasteiger partial charge is 0.137 e. The van der Waals surface area contributed by atoms with E-state index in [4.69, 9.17) is 23.2 Å². The summed E-state index contributed by atoms with van der Waals surface area (Å²) < 4.78 is 0. The Morgan fingerprint density at radius 1 is 1.33 bits per heavy atom. The predicted molar refractivity (Wildman–Crippen MR) is 58.9 cm³/mol. The molecule has 0 nitrogen and oxygen atoms in total. The Kier molecular flexibility index (Phi) is 3.39. The van der Waals surface area contributed by atoms with Crippen molar-refractivity contribution < 1.29 is 0 Å². The molecule has 0 aliphatic carbocycles. The van der Waals surface area contributed by atoms with Crippen LogP contribution in [0.5, 0.6) is 0 Å². The summed E-state index contributed by atoms with van der Waals surface area (Å²) >= 11 is 13.0. The quantitative estimate of drug-likeness (QED) is 0.656. The van der Waals surface area contributed by atoms with Crippen LogP contribution in [0.2, 0.25) is 0 Å². The first-order chi connectivity index (χ1) is 5.69. The summed E-state index contributed by atoms with van der Waals surface area (Å²) in [6.45, 7) is 7.37. The Morgan fingerprint density at radius 3 is 2.33 bits per heavy atom. The molecule has 3 heteroatoms. The van der Waals surface area contributed by atoms with Gasteiger partial charge < -0.3 is 0 Å². The lowest BCUT2D eigenvalue weighted by atomic mass is 10.2. The van der Waals surface area contributed by atoms with Gasteiger partial charge in [-0.1, -0.05) is 48.5 Å². The summed E-state index contributed by atoms with van der Waals surface area (Å²) in [5, 5.41) is 0. The van der Waals surface area contributed by atoms with Gasteiger partial charge in [-0.25, -0.2) is 0 Å². The average molecular weight is 219 g/mol. The minimum atomic E-state index is -0.456. The fraction of sp³-hybridized carbons (Fsp3) is 0.111. The molecular weight excluding hydrogens is 211 g/mol. The van der Waals surface area contributed by atoms with Gasteiger partial charge in [-0.2, -0.15) is 0 Å². The van der Waals surface area contributed by atoms with Crippen molar-refractivity contribution in [3.8, 4) is 0 Å². The van der Waals surface area contributed by atoms with Crippen molar-refractivity contribution in [3.05, 3.63) is 34.5 Å². The molecule has 1 aromatic rings. The largest absolute Gasteiger partial charge is 0.141 e. The molecule has 0 unspecified atom stereocenters. The molecule has 1 rings (SSSR count). The van der Waals surface area contributed by atoms with Crippen LogP contribution in [0.3, 0.4) is 0 Å². The van der Waals surface area contributed by atoms with Gasteiger partial charge in [0, 0.05) is 9.75 Å². The summed E-state index contributed by atoms with van der Waals surface area (Å²) in [6, 6.07) is 1.93. The maximum Gasteiger partial charge on any atom is 0.141 e. The molecule has 1 heterocycles. The molecule has 0 fully saturated rings. The summed E-state index contributed by atoms with van der Waals surface area (Å²) in [5.74, 6) is 0. The Hall–Kier alpha value is -0.240. The van der Waals surface area contributed by atoms with Crippen LogP contribution in [0.15, 0.2) is 19.2 Å². The molecule has 1 aromatic heterocycles. The van der Waals surface area contributed by atoms with Gasteiger partial charge in [-0.3, -0.25) is 0 Å². The highest BCUT2D eigenvalue weighted by atomic mass is 35.5. The molecule has 12 heavy (non-hydrogen) atoms. The Labute approximate surface area is 86.1 Å². The highest BCUT2D eigenvalue weighted by molar-refractivity contribution is 7.13. The minimum absolute atomic E-state index is 0.456. The highest BCUT2D eigenvalue weighted by Crippen LogP contribution is 2.34. The molecule has 0 N–H and O–H groups in total. The van der Waals surface area contributed by atoms with E-state index >= 15 is 0 Å². The number of rotatable bonds is 3. The Bertz CT molecular complexity index is 274. The Morgan fingerprint density at radius 2 is 2.00 bits per heavy atom. The molecule has 0 aliphatic heterocycles. The van der Waals surface area contributed by atoms with Gasteiger partial charge in [-0.15, -0.1) is 11.3 Å². The van der Waals surface area contributed by atoms with E-state index in [0.717, 1.165) is 15.3 Å². The fourth-order valence-corrected chi connectivity index (χ4v) is 2.13. The zero-order valence-corrected chi connectivity index (χ0v) is 8.72. The second-order valence-electron chi connectivity index (χ2n) is 2.18. The standard InChI is InChI=1S/C9H8Cl2S/c1-3-6-5-8(9(10)11)12-7(6)4-2/h3-5,9H,1-2H2. The molecule has 0 aliphatic rings. The van der Waals surface area contributed by atoms with Crippen molar-refractivity contribution in [2.75, 3.05) is 0 Å². The molecular formula is C9H8Cl2S. The minimum Gasteiger partial charge on any atom is -0.137 e. The first-order valence-electron chi connectivity index (χ1n) is 3.35. The molecule has 0 atom stereocenters. The van der Waals surface area contributed by atoms with E-state index in [9.17, 15) is 0 Å². The summed E-state index contributed by atoms with van der Waals surface area (Å²) in [7, 11) is 0. The number of thiophene rings is 1. The monoisotopic (exact) mass is 218 g/mol. The maximum atomic E-state index is 5.71. The molecule has 0 spiro atoms. The van der Waals surface area contributed by atoms with Crippen molar-refractivity contribution in [3.63, 3.8) is 0 Å². The molecule has 0 amide bonds. The van der Waals surface area contributed by atoms with E-state index < -0.39 is 4.84 Å². The average Bonchev–Trinajstić information content (AvgIpc) is 2.46.